The maximum atomic E-state index is 12.6. The van der Waals surface area contributed by atoms with Gasteiger partial charge in [0.25, 0.3) is 5.56 Å². The van der Waals surface area contributed by atoms with E-state index < -0.39 is 17.6 Å². The fourth-order valence-corrected chi connectivity index (χ4v) is 2.54. The Morgan fingerprint density at radius 1 is 1.33 bits per heavy atom. The number of carbonyl (C=O) groups excluding carboxylic acids is 1. The van der Waals surface area contributed by atoms with Crippen molar-refractivity contribution < 1.29 is 9.53 Å². The molecule has 1 unspecified atom stereocenters. The second kappa shape index (κ2) is 6.40. The van der Waals surface area contributed by atoms with Crippen LogP contribution in [0.2, 0.25) is 5.02 Å². The van der Waals surface area contributed by atoms with E-state index in [1.54, 1.807) is 31.2 Å². The normalized spacial score (nSPS) is 12.3. The Bertz CT molecular complexity index is 948. The molecular formula is C15H14ClN5O3. The Hall–Kier alpha value is -2.74. The molecule has 0 radical (unpaired) electrons. The maximum absolute atomic E-state index is 12.6. The zero-order valence-corrected chi connectivity index (χ0v) is 13.8. The average Bonchev–Trinajstić information content (AvgIpc) is 3.02. The summed E-state index contributed by atoms with van der Waals surface area (Å²) >= 11 is 5.87. The van der Waals surface area contributed by atoms with Crippen LogP contribution in [0.1, 0.15) is 19.4 Å². The Morgan fingerprint density at radius 2 is 2.04 bits per heavy atom. The molecule has 3 aromatic rings. The molecule has 0 aliphatic carbocycles. The van der Waals surface area contributed by atoms with Gasteiger partial charge in [-0.15, -0.1) is 5.10 Å². The van der Waals surface area contributed by atoms with Gasteiger partial charge in [-0.05, 0) is 30.7 Å². The number of aromatic nitrogens is 5. The van der Waals surface area contributed by atoms with Crippen LogP contribution in [0, 0.1) is 0 Å². The van der Waals surface area contributed by atoms with Gasteiger partial charge in [-0.3, -0.25) is 9.36 Å². The van der Waals surface area contributed by atoms with Crippen molar-refractivity contribution in [2.45, 2.75) is 19.4 Å². The van der Waals surface area contributed by atoms with Crippen LogP contribution in [0.15, 0.2) is 35.4 Å². The number of esters is 1. The van der Waals surface area contributed by atoms with Crippen molar-refractivity contribution in [3.05, 3.63) is 46.0 Å². The third-order valence-corrected chi connectivity index (χ3v) is 3.91. The molecule has 0 amide bonds. The predicted molar refractivity (Wildman–Crippen MR) is 87.3 cm³/mol. The quantitative estimate of drug-likeness (QED) is 0.668. The SMILES string of the molecule is CCC(C(=O)OC)n1cnc2c(nnn2-c2ccc(Cl)cc2)c1=O. The highest BCUT2D eigenvalue weighted by atomic mass is 35.5. The van der Waals surface area contributed by atoms with Gasteiger partial charge in [0.1, 0.15) is 12.4 Å². The minimum Gasteiger partial charge on any atom is -0.467 e. The van der Waals surface area contributed by atoms with Crippen molar-refractivity contribution in [2.75, 3.05) is 7.11 Å². The number of hydrogen-bond acceptors (Lipinski definition) is 6. The van der Waals surface area contributed by atoms with Gasteiger partial charge in [0.05, 0.1) is 12.8 Å². The molecule has 0 fully saturated rings. The van der Waals surface area contributed by atoms with Crippen LogP contribution in [0.25, 0.3) is 16.9 Å². The number of halogens is 1. The van der Waals surface area contributed by atoms with Crippen molar-refractivity contribution >= 4 is 28.7 Å². The molecule has 2 heterocycles. The lowest BCUT2D eigenvalue weighted by Gasteiger charge is -2.14. The number of methoxy groups -OCH3 is 1. The fourth-order valence-electron chi connectivity index (χ4n) is 2.41. The lowest BCUT2D eigenvalue weighted by atomic mass is 10.2. The van der Waals surface area contributed by atoms with Gasteiger partial charge in [-0.2, -0.15) is 4.68 Å². The lowest BCUT2D eigenvalue weighted by Crippen LogP contribution is -2.30. The Labute approximate surface area is 141 Å². The molecular weight excluding hydrogens is 334 g/mol. The fraction of sp³-hybridized carbons (Fsp3) is 0.267. The Morgan fingerprint density at radius 3 is 2.67 bits per heavy atom. The second-order valence-electron chi connectivity index (χ2n) is 5.05. The molecule has 1 aromatic carbocycles. The maximum Gasteiger partial charge on any atom is 0.329 e. The number of carbonyl (C=O) groups is 1. The first-order valence-corrected chi connectivity index (χ1v) is 7.61. The van der Waals surface area contributed by atoms with Crippen LogP contribution in [0.5, 0.6) is 0 Å². The first kappa shape index (κ1) is 16.1. The van der Waals surface area contributed by atoms with E-state index in [-0.39, 0.29) is 5.52 Å². The number of benzene rings is 1. The number of rotatable bonds is 4. The zero-order valence-electron chi connectivity index (χ0n) is 13.0. The van der Waals surface area contributed by atoms with Gasteiger partial charge >= 0.3 is 5.97 Å². The monoisotopic (exact) mass is 347 g/mol. The average molecular weight is 348 g/mol. The molecule has 0 bridgehead atoms. The molecule has 0 aliphatic rings. The lowest BCUT2D eigenvalue weighted by molar-refractivity contribution is -0.144. The number of nitrogens with zero attached hydrogens (tertiary/aromatic N) is 5. The number of hydrogen-bond donors (Lipinski definition) is 0. The van der Waals surface area contributed by atoms with Crippen LogP contribution in [-0.2, 0) is 9.53 Å². The third-order valence-electron chi connectivity index (χ3n) is 3.66. The first-order chi connectivity index (χ1) is 11.6. The highest BCUT2D eigenvalue weighted by molar-refractivity contribution is 6.30. The van der Waals surface area contributed by atoms with Crippen LogP contribution in [0.3, 0.4) is 0 Å². The van der Waals surface area contributed by atoms with E-state index in [1.165, 1.54) is 22.7 Å². The van der Waals surface area contributed by atoms with Crippen LogP contribution < -0.4 is 5.56 Å². The smallest absolute Gasteiger partial charge is 0.329 e. The van der Waals surface area contributed by atoms with Gasteiger partial charge in [0, 0.05) is 5.02 Å². The molecule has 8 nitrogen and oxygen atoms in total. The first-order valence-electron chi connectivity index (χ1n) is 7.23. The number of fused-ring (bicyclic) bond motifs is 1. The van der Waals surface area contributed by atoms with E-state index in [2.05, 4.69) is 15.3 Å². The number of ether oxygens (including phenoxy) is 1. The van der Waals surface area contributed by atoms with Gasteiger partial charge in [-0.1, -0.05) is 23.7 Å². The summed E-state index contributed by atoms with van der Waals surface area (Å²) < 4.78 is 7.39. The second-order valence-corrected chi connectivity index (χ2v) is 5.49. The molecule has 0 N–H and O–H groups in total. The molecule has 0 aliphatic heterocycles. The largest absolute Gasteiger partial charge is 0.467 e. The summed E-state index contributed by atoms with van der Waals surface area (Å²) in [5, 5.41) is 8.48. The molecule has 3 rings (SSSR count). The summed E-state index contributed by atoms with van der Waals surface area (Å²) in [6.45, 7) is 1.78. The van der Waals surface area contributed by atoms with Crippen LogP contribution >= 0.6 is 11.6 Å². The third kappa shape index (κ3) is 2.65. The molecule has 124 valence electrons. The summed E-state index contributed by atoms with van der Waals surface area (Å²) in [6, 6.07) is 6.14. The summed E-state index contributed by atoms with van der Waals surface area (Å²) in [7, 11) is 1.28. The van der Waals surface area contributed by atoms with Gasteiger partial charge in [0.2, 0.25) is 0 Å². The van der Waals surface area contributed by atoms with E-state index in [1.807, 2.05) is 0 Å². The van der Waals surface area contributed by atoms with Crippen molar-refractivity contribution in [3.8, 4) is 5.69 Å². The topological polar surface area (TPSA) is 91.9 Å². The zero-order chi connectivity index (χ0) is 17.3. The van der Waals surface area contributed by atoms with Gasteiger partial charge in [0.15, 0.2) is 11.2 Å². The van der Waals surface area contributed by atoms with Crippen molar-refractivity contribution in [1.82, 2.24) is 24.5 Å². The Kier molecular flexibility index (Phi) is 4.30. The molecule has 0 saturated carbocycles. The summed E-state index contributed by atoms with van der Waals surface area (Å²) in [5.74, 6) is -0.508. The minimum atomic E-state index is -0.750. The molecule has 1 atom stereocenters. The van der Waals surface area contributed by atoms with Crippen molar-refractivity contribution in [2.24, 2.45) is 0 Å². The minimum absolute atomic E-state index is 0.0785. The standard InChI is InChI=1S/C15H14ClN5O3/c1-3-11(15(23)24-2)20-8-17-13-12(14(20)22)18-19-21(13)10-6-4-9(16)5-7-10/h4-8,11H,3H2,1-2H3. The predicted octanol–water partition coefficient (Wildman–Crippen LogP) is 1.75. The van der Waals surface area contributed by atoms with Crippen molar-refractivity contribution in [3.63, 3.8) is 0 Å². The van der Waals surface area contributed by atoms with Crippen LogP contribution in [-0.4, -0.2) is 37.6 Å². The van der Waals surface area contributed by atoms with E-state index in [0.29, 0.717) is 22.8 Å². The molecule has 24 heavy (non-hydrogen) atoms. The summed E-state index contributed by atoms with van der Waals surface area (Å²) in [6.07, 6.45) is 1.70. The highest BCUT2D eigenvalue weighted by Crippen LogP contribution is 2.16. The van der Waals surface area contributed by atoms with Gasteiger partial charge < -0.3 is 4.74 Å². The van der Waals surface area contributed by atoms with E-state index in [9.17, 15) is 9.59 Å². The molecule has 9 heteroatoms. The molecule has 0 spiro atoms. The molecule has 0 saturated heterocycles. The van der Waals surface area contributed by atoms with Gasteiger partial charge in [-0.25, -0.2) is 9.78 Å². The summed E-state index contributed by atoms with van der Waals surface area (Å²) in [5.41, 5.74) is 0.608. The van der Waals surface area contributed by atoms with E-state index in [4.69, 9.17) is 16.3 Å². The van der Waals surface area contributed by atoms with E-state index >= 15 is 0 Å². The highest BCUT2D eigenvalue weighted by Gasteiger charge is 2.23. The molecule has 2 aromatic heterocycles. The van der Waals surface area contributed by atoms with E-state index in [0.717, 1.165) is 0 Å². The van der Waals surface area contributed by atoms with Crippen LogP contribution in [0.4, 0.5) is 0 Å². The Balaban J connectivity index is 2.13. The van der Waals surface area contributed by atoms with Crippen molar-refractivity contribution in [1.29, 1.82) is 0 Å². The summed E-state index contributed by atoms with van der Waals surface area (Å²) in [4.78, 5) is 28.7.